The third-order valence-corrected chi connectivity index (χ3v) is 1.94. The molecule has 0 saturated heterocycles. The zero-order chi connectivity index (χ0) is 10.4. The van der Waals surface area contributed by atoms with Crippen molar-refractivity contribution in [1.29, 1.82) is 0 Å². The quantitative estimate of drug-likeness (QED) is 0.778. The molecule has 78 valence electrons. The van der Waals surface area contributed by atoms with Crippen LogP contribution in [0.5, 0.6) is 5.75 Å². The van der Waals surface area contributed by atoms with E-state index >= 15 is 0 Å². The van der Waals surface area contributed by atoms with Crippen LogP contribution in [0.25, 0.3) is 0 Å². The first-order chi connectivity index (χ1) is 6.77. The van der Waals surface area contributed by atoms with Crippen LogP contribution in [0, 0.1) is 0 Å². The van der Waals surface area contributed by atoms with Gasteiger partial charge in [-0.3, -0.25) is 0 Å². The molecule has 0 bridgehead atoms. The summed E-state index contributed by atoms with van der Waals surface area (Å²) in [5.74, 6) is 0.858. The third-order valence-electron chi connectivity index (χ3n) is 1.94. The zero-order valence-corrected chi connectivity index (χ0v) is 8.69. The lowest BCUT2D eigenvalue weighted by atomic mass is 10.1. The minimum absolute atomic E-state index is 0.0830. The van der Waals surface area contributed by atoms with Gasteiger partial charge in [-0.1, -0.05) is 12.1 Å². The molecule has 0 fully saturated rings. The lowest BCUT2D eigenvalue weighted by molar-refractivity contribution is 0.181. The van der Waals surface area contributed by atoms with Crippen LogP contribution in [0.4, 0.5) is 0 Å². The van der Waals surface area contributed by atoms with E-state index in [1.54, 1.807) is 7.11 Å². The Morgan fingerprint density at radius 1 is 1.43 bits per heavy atom. The second-order valence-corrected chi connectivity index (χ2v) is 3.07. The molecule has 1 rings (SSSR count). The molecule has 0 spiro atoms. The van der Waals surface area contributed by atoms with Crippen molar-refractivity contribution < 1.29 is 9.47 Å². The summed E-state index contributed by atoms with van der Waals surface area (Å²) in [4.78, 5) is 0. The highest BCUT2D eigenvalue weighted by atomic mass is 16.5. The molecule has 0 aliphatic rings. The number of methoxy groups -OCH3 is 1. The van der Waals surface area contributed by atoms with Crippen LogP contribution < -0.4 is 10.5 Å². The van der Waals surface area contributed by atoms with Gasteiger partial charge in [0.25, 0.3) is 0 Å². The molecule has 1 aromatic carbocycles. The molecule has 1 aromatic rings. The van der Waals surface area contributed by atoms with Crippen LogP contribution in [0.3, 0.4) is 0 Å². The van der Waals surface area contributed by atoms with Crippen LogP contribution in [0.15, 0.2) is 24.3 Å². The zero-order valence-electron chi connectivity index (χ0n) is 8.69. The van der Waals surface area contributed by atoms with Gasteiger partial charge >= 0.3 is 0 Å². The van der Waals surface area contributed by atoms with Crippen molar-refractivity contribution >= 4 is 0 Å². The molecule has 3 nitrogen and oxygen atoms in total. The van der Waals surface area contributed by atoms with Gasteiger partial charge in [0.1, 0.15) is 5.75 Å². The van der Waals surface area contributed by atoms with Crippen molar-refractivity contribution in [1.82, 2.24) is 0 Å². The van der Waals surface area contributed by atoms with E-state index in [0.29, 0.717) is 13.2 Å². The number of nitrogens with two attached hydrogens (primary N) is 1. The average Bonchev–Trinajstić information content (AvgIpc) is 2.19. The summed E-state index contributed by atoms with van der Waals surface area (Å²) in [6, 6.07) is 7.71. The first-order valence-electron chi connectivity index (χ1n) is 4.75. The van der Waals surface area contributed by atoms with Crippen LogP contribution in [-0.4, -0.2) is 20.3 Å². The molecule has 0 aliphatic carbocycles. The second-order valence-electron chi connectivity index (χ2n) is 3.07. The molecule has 0 aliphatic heterocycles. The van der Waals surface area contributed by atoms with Crippen LogP contribution in [0.1, 0.15) is 18.5 Å². The van der Waals surface area contributed by atoms with Gasteiger partial charge in [-0.05, 0) is 24.6 Å². The lowest BCUT2D eigenvalue weighted by Crippen LogP contribution is -2.15. The highest BCUT2D eigenvalue weighted by Crippen LogP contribution is 2.17. The van der Waals surface area contributed by atoms with E-state index in [0.717, 1.165) is 11.3 Å². The Morgan fingerprint density at radius 2 is 2.21 bits per heavy atom. The van der Waals surface area contributed by atoms with Crippen LogP contribution in [0.2, 0.25) is 0 Å². The monoisotopic (exact) mass is 195 g/mol. The summed E-state index contributed by atoms with van der Waals surface area (Å²) in [5, 5.41) is 0. The molecule has 3 heteroatoms. The Kier molecular flexibility index (Phi) is 4.43. The van der Waals surface area contributed by atoms with Gasteiger partial charge in [0.15, 0.2) is 0 Å². The second kappa shape index (κ2) is 5.62. The minimum atomic E-state index is -0.0830. The Labute approximate surface area is 84.8 Å². The molecule has 0 aromatic heterocycles. The van der Waals surface area contributed by atoms with E-state index < -0.39 is 0 Å². The van der Waals surface area contributed by atoms with Crippen LogP contribution >= 0.6 is 0 Å². The van der Waals surface area contributed by atoms with E-state index in [1.165, 1.54) is 0 Å². The fourth-order valence-corrected chi connectivity index (χ4v) is 1.28. The molecule has 1 atom stereocenters. The first kappa shape index (κ1) is 11.0. The van der Waals surface area contributed by atoms with Crippen LogP contribution in [-0.2, 0) is 4.74 Å². The average molecular weight is 195 g/mol. The van der Waals surface area contributed by atoms with Crippen molar-refractivity contribution in [3.8, 4) is 5.75 Å². The number of benzene rings is 1. The summed E-state index contributed by atoms with van der Waals surface area (Å²) in [6.45, 7) is 3.15. The van der Waals surface area contributed by atoms with Gasteiger partial charge in [0.05, 0.1) is 19.3 Å². The molecule has 0 unspecified atom stereocenters. The maximum atomic E-state index is 5.89. The van der Waals surface area contributed by atoms with E-state index in [1.807, 2.05) is 31.2 Å². The molecule has 14 heavy (non-hydrogen) atoms. The number of rotatable bonds is 5. The fourth-order valence-electron chi connectivity index (χ4n) is 1.28. The van der Waals surface area contributed by atoms with Crippen molar-refractivity contribution in [2.75, 3.05) is 20.3 Å². The molecular formula is C11H17NO2. The van der Waals surface area contributed by atoms with Crippen molar-refractivity contribution in [2.24, 2.45) is 5.73 Å². The molecular weight excluding hydrogens is 178 g/mol. The van der Waals surface area contributed by atoms with Crippen molar-refractivity contribution in [3.05, 3.63) is 29.8 Å². The summed E-state index contributed by atoms with van der Waals surface area (Å²) < 4.78 is 10.4. The predicted octanol–water partition coefficient (Wildman–Crippen LogP) is 1.73. The maximum Gasteiger partial charge on any atom is 0.119 e. The normalized spacial score (nSPS) is 12.5. The van der Waals surface area contributed by atoms with Gasteiger partial charge < -0.3 is 15.2 Å². The summed E-state index contributed by atoms with van der Waals surface area (Å²) in [5.41, 5.74) is 6.93. The summed E-state index contributed by atoms with van der Waals surface area (Å²) >= 11 is 0. The summed E-state index contributed by atoms with van der Waals surface area (Å²) in [7, 11) is 1.65. The Hall–Kier alpha value is -1.06. The van der Waals surface area contributed by atoms with Crippen molar-refractivity contribution in [2.45, 2.75) is 13.0 Å². The van der Waals surface area contributed by atoms with E-state index in [4.69, 9.17) is 15.2 Å². The number of hydrogen-bond acceptors (Lipinski definition) is 3. The van der Waals surface area contributed by atoms with Crippen molar-refractivity contribution in [3.63, 3.8) is 0 Å². The summed E-state index contributed by atoms with van der Waals surface area (Å²) in [6.07, 6.45) is 0. The van der Waals surface area contributed by atoms with Gasteiger partial charge in [0.2, 0.25) is 0 Å². The SMILES string of the molecule is CCOc1cccc([C@@H](N)COC)c1. The number of ether oxygens (including phenoxy) is 2. The number of hydrogen-bond donors (Lipinski definition) is 1. The Balaban J connectivity index is 2.71. The standard InChI is InChI=1S/C11H17NO2/c1-3-14-10-6-4-5-9(7-10)11(12)8-13-2/h4-7,11H,3,8,12H2,1-2H3/t11-/m0/s1. The maximum absolute atomic E-state index is 5.89. The fraction of sp³-hybridized carbons (Fsp3) is 0.455. The molecule has 0 amide bonds. The smallest absolute Gasteiger partial charge is 0.119 e. The highest BCUT2D eigenvalue weighted by molar-refractivity contribution is 5.30. The Bertz CT molecular complexity index is 276. The Morgan fingerprint density at radius 3 is 2.86 bits per heavy atom. The largest absolute Gasteiger partial charge is 0.494 e. The molecule has 0 saturated carbocycles. The first-order valence-corrected chi connectivity index (χ1v) is 4.75. The third kappa shape index (κ3) is 3.01. The van der Waals surface area contributed by atoms with Gasteiger partial charge in [-0.15, -0.1) is 0 Å². The van der Waals surface area contributed by atoms with E-state index in [2.05, 4.69) is 0 Å². The minimum Gasteiger partial charge on any atom is -0.494 e. The molecule has 2 N–H and O–H groups in total. The van der Waals surface area contributed by atoms with E-state index in [-0.39, 0.29) is 6.04 Å². The molecule has 0 heterocycles. The lowest BCUT2D eigenvalue weighted by Gasteiger charge is -2.12. The highest BCUT2D eigenvalue weighted by Gasteiger charge is 2.05. The van der Waals surface area contributed by atoms with Gasteiger partial charge in [0, 0.05) is 7.11 Å². The van der Waals surface area contributed by atoms with E-state index in [9.17, 15) is 0 Å². The topological polar surface area (TPSA) is 44.5 Å². The molecule has 0 radical (unpaired) electrons. The predicted molar refractivity (Wildman–Crippen MR) is 56.4 cm³/mol. The van der Waals surface area contributed by atoms with Gasteiger partial charge in [-0.25, -0.2) is 0 Å². The van der Waals surface area contributed by atoms with Gasteiger partial charge in [-0.2, -0.15) is 0 Å².